The summed E-state index contributed by atoms with van der Waals surface area (Å²) >= 11 is 0. The first-order valence-electron chi connectivity index (χ1n) is 9.62. The third kappa shape index (κ3) is 2.59. The van der Waals surface area contributed by atoms with E-state index in [-0.39, 0.29) is 11.8 Å². The van der Waals surface area contributed by atoms with E-state index in [1.54, 1.807) is 18.0 Å². The number of hydrogen-bond donors (Lipinski definition) is 1. The summed E-state index contributed by atoms with van der Waals surface area (Å²) in [7, 11) is 3.57. The summed E-state index contributed by atoms with van der Waals surface area (Å²) in [6.07, 6.45) is 7.29. The van der Waals surface area contributed by atoms with Crippen LogP contribution in [0.4, 0.5) is 5.82 Å². The fourth-order valence-electron chi connectivity index (χ4n) is 4.54. The van der Waals surface area contributed by atoms with Crippen LogP contribution in [-0.4, -0.2) is 27.8 Å². The van der Waals surface area contributed by atoms with Crippen LogP contribution in [0.3, 0.4) is 0 Å². The van der Waals surface area contributed by atoms with Gasteiger partial charge in [-0.15, -0.1) is 0 Å². The number of aromatic nitrogens is 3. The van der Waals surface area contributed by atoms with Crippen LogP contribution in [0.2, 0.25) is 0 Å². The molecule has 0 bridgehead atoms. The Balaban J connectivity index is 1.73. The minimum atomic E-state index is -0.103. The molecule has 3 heterocycles. The molecule has 1 atom stereocenters. The van der Waals surface area contributed by atoms with E-state index in [9.17, 15) is 4.79 Å². The van der Waals surface area contributed by atoms with Crippen molar-refractivity contribution >= 4 is 11.7 Å². The highest BCUT2D eigenvalue weighted by Gasteiger charge is 2.35. The fraction of sp³-hybridized carbons (Fsp3) is 0.318. The van der Waals surface area contributed by atoms with Gasteiger partial charge in [0, 0.05) is 48.5 Å². The Kier molecular flexibility index (Phi) is 3.93. The van der Waals surface area contributed by atoms with Crippen molar-refractivity contribution in [3.63, 3.8) is 0 Å². The molecule has 1 amide bonds. The lowest BCUT2D eigenvalue weighted by molar-refractivity contribution is -0.116. The highest BCUT2D eigenvalue weighted by atomic mass is 16.5. The zero-order valence-electron chi connectivity index (χ0n) is 16.0. The van der Waals surface area contributed by atoms with Crippen molar-refractivity contribution in [3.8, 4) is 17.0 Å². The minimum absolute atomic E-state index is 0.000730. The zero-order valence-corrected chi connectivity index (χ0v) is 16.0. The van der Waals surface area contributed by atoms with Gasteiger partial charge < -0.3 is 10.1 Å². The predicted octanol–water partition coefficient (Wildman–Crippen LogP) is 3.45. The lowest BCUT2D eigenvalue weighted by Crippen LogP contribution is -2.25. The van der Waals surface area contributed by atoms with Crippen LogP contribution in [0.5, 0.6) is 5.75 Å². The zero-order chi connectivity index (χ0) is 19.3. The molecule has 1 N–H and O–H groups in total. The number of pyridine rings is 1. The summed E-state index contributed by atoms with van der Waals surface area (Å²) in [5, 5.41) is 7.73. The first-order chi connectivity index (χ1) is 13.7. The van der Waals surface area contributed by atoms with Crippen molar-refractivity contribution in [2.24, 2.45) is 7.05 Å². The molecule has 0 unspecified atom stereocenters. The molecule has 1 aliphatic heterocycles. The summed E-state index contributed by atoms with van der Waals surface area (Å²) < 4.78 is 7.51. The number of rotatable bonds is 3. The largest absolute Gasteiger partial charge is 0.496 e. The number of nitrogens with one attached hydrogen (secondary N) is 1. The standard InChI is InChI=1S/C22H22N4O2/c1-26-22-20(21(25-26)15-7-4-8-23-12-15)17(11-19(27)24-22)16-9-13-5-3-6-14(13)10-18(16)28-2/h4,7-10,12,17H,3,5-6,11H2,1-2H3,(H,24,27)/t17-/m0/s1. The third-order valence-electron chi connectivity index (χ3n) is 5.83. The number of aryl methyl sites for hydroxylation is 3. The normalized spacial score (nSPS) is 17.8. The van der Waals surface area contributed by atoms with Gasteiger partial charge in [0.05, 0.1) is 12.8 Å². The van der Waals surface area contributed by atoms with Crippen molar-refractivity contribution < 1.29 is 9.53 Å². The van der Waals surface area contributed by atoms with Crippen molar-refractivity contribution in [2.45, 2.75) is 31.6 Å². The van der Waals surface area contributed by atoms with Crippen LogP contribution in [0.15, 0.2) is 36.7 Å². The number of amides is 1. The Hall–Kier alpha value is -3.15. The summed E-state index contributed by atoms with van der Waals surface area (Å²) in [4.78, 5) is 16.8. The molecular weight excluding hydrogens is 352 g/mol. The van der Waals surface area contributed by atoms with Gasteiger partial charge in [-0.1, -0.05) is 6.07 Å². The average molecular weight is 374 g/mol. The molecular formula is C22H22N4O2. The highest BCUT2D eigenvalue weighted by molar-refractivity contribution is 5.96. The minimum Gasteiger partial charge on any atom is -0.496 e. The first-order valence-corrected chi connectivity index (χ1v) is 9.62. The van der Waals surface area contributed by atoms with E-state index >= 15 is 0 Å². The number of anilines is 1. The summed E-state index contributed by atoms with van der Waals surface area (Å²) in [6, 6.07) is 8.31. The number of carbonyl (C=O) groups is 1. The molecule has 142 valence electrons. The Labute approximate surface area is 163 Å². The molecule has 1 aliphatic carbocycles. The molecule has 2 aromatic heterocycles. The van der Waals surface area contributed by atoms with E-state index in [2.05, 4.69) is 22.4 Å². The molecule has 3 aromatic rings. The van der Waals surface area contributed by atoms with Gasteiger partial charge in [-0.05, 0) is 48.6 Å². The van der Waals surface area contributed by atoms with Crippen LogP contribution in [0.25, 0.3) is 11.3 Å². The summed E-state index contributed by atoms with van der Waals surface area (Å²) in [6.45, 7) is 0. The van der Waals surface area contributed by atoms with Crippen molar-refractivity contribution in [1.29, 1.82) is 0 Å². The maximum absolute atomic E-state index is 12.5. The SMILES string of the molecule is COc1cc2c(cc1[C@@H]1CC(=O)Nc3c1c(-c1cccnc1)nn3C)CCC2. The molecule has 6 heteroatoms. The van der Waals surface area contributed by atoms with E-state index in [0.29, 0.717) is 6.42 Å². The van der Waals surface area contributed by atoms with Crippen LogP contribution < -0.4 is 10.1 Å². The molecule has 0 saturated heterocycles. The van der Waals surface area contributed by atoms with E-state index in [1.165, 1.54) is 17.5 Å². The number of ether oxygens (including phenoxy) is 1. The van der Waals surface area contributed by atoms with Gasteiger partial charge in [-0.3, -0.25) is 14.5 Å². The molecule has 0 radical (unpaired) electrons. The predicted molar refractivity (Wildman–Crippen MR) is 107 cm³/mol. The molecule has 5 rings (SSSR count). The van der Waals surface area contributed by atoms with E-state index in [0.717, 1.165) is 46.8 Å². The molecule has 0 fully saturated rings. The quantitative estimate of drug-likeness (QED) is 0.762. The molecule has 6 nitrogen and oxygen atoms in total. The molecule has 0 spiro atoms. The van der Waals surface area contributed by atoms with Gasteiger partial charge in [0.25, 0.3) is 0 Å². The smallest absolute Gasteiger partial charge is 0.226 e. The molecule has 1 aromatic carbocycles. The van der Waals surface area contributed by atoms with Gasteiger partial charge in [-0.2, -0.15) is 5.10 Å². The van der Waals surface area contributed by atoms with Crippen LogP contribution in [0.1, 0.15) is 41.0 Å². The monoisotopic (exact) mass is 374 g/mol. The van der Waals surface area contributed by atoms with E-state index in [1.807, 2.05) is 25.4 Å². The maximum Gasteiger partial charge on any atom is 0.226 e. The van der Waals surface area contributed by atoms with Gasteiger partial charge in [0.1, 0.15) is 11.6 Å². The fourth-order valence-corrected chi connectivity index (χ4v) is 4.54. The Bertz CT molecular complexity index is 1070. The second kappa shape index (κ2) is 6.48. The second-order valence-electron chi connectivity index (χ2n) is 7.50. The highest BCUT2D eigenvalue weighted by Crippen LogP contribution is 2.46. The molecule has 2 aliphatic rings. The van der Waals surface area contributed by atoms with Crippen molar-refractivity contribution in [2.75, 3.05) is 12.4 Å². The number of fused-ring (bicyclic) bond motifs is 2. The van der Waals surface area contributed by atoms with Crippen LogP contribution in [0, 0.1) is 0 Å². The summed E-state index contributed by atoms with van der Waals surface area (Å²) in [5.41, 5.74) is 6.64. The molecule has 28 heavy (non-hydrogen) atoms. The first kappa shape index (κ1) is 17.0. The van der Waals surface area contributed by atoms with E-state index in [4.69, 9.17) is 9.84 Å². The maximum atomic E-state index is 12.5. The lowest BCUT2D eigenvalue weighted by atomic mass is 9.83. The second-order valence-corrected chi connectivity index (χ2v) is 7.50. The van der Waals surface area contributed by atoms with Crippen LogP contribution in [-0.2, 0) is 24.7 Å². The number of hydrogen-bond acceptors (Lipinski definition) is 4. The number of nitrogens with zero attached hydrogens (tertiary/aromatic N) is 3. The number of benzene rings is 1. The van der Waals surface area contributed by atoms with Gasteiger partial charge >= 0.3 is 0 Å². The van der Waals surface area contributed by atoms with Crippen molar-refractivity contribution in [1.82, 2.24) is 14.8 Å². The Morgan fingerprint density at radius 3 is 2.82 bits per heavy atom. The topological polar surface area (TPSA) is 69.0 Å². The van der Waals surface area contributed by atoms with Gasteiger partial charge in [0.2, 0.25) is 5.91 Å². The Morgan fingerprint density at radius 2 is 2.07 bits per heavy atom. The van der Waals surface area contributed by atoms with Gasteiger partial charge in [-0.25, -0.2) is 0 Å². The number of methoxy groups -OCH3 is 1. The average Bonchev–Trinajstić information content (AvgIpc) is 3.31. The van der Waals surface area contributed by atoms with E-state index < -0.39 is 0 Å². The third-order valence-corrected chi connectivity index (χ3v) is 5.83. The summed E-state index contributed by atoms with van der Waals surface area (Å²) in [5.74, 6) is 1.50. The lowest BCUT2D eigenvalue weighted by Gasteiger charge is -2.26. The number of carbonyl (C=O) groups excluding carboxylic acids is 1. The van der Waals surface area contributed by atoms with Gasteiger partial charge in [0.15, 0.2) is 0 Å². The van der Waals surface area contributed by atoms with Crippen LogP contribution >= 0.6 is 0 Å². The van der Waals surface area contributed by atoms with Crippen molar-refractivity contribution in [3.05, 3.63) is 58.9 Å². The Morgan fingerprint density at radius 1 is 1.25 bits per heavy atom. The molecule has 0 saturated carbocycles.